The minimum Gasteiger partial charge on any atom is -0.352 e. The van der Waals surface area contributed by atoms with Gasteiger partial charge in [0.15, 0.2) is 0 Å². The smallest absolute Gasteiger partial charge is 0.251 e. The largest absolute Gasteiger partial charge is 0.352 e. The van der Waals surface area contributed by atoms with E-state index in [2.05, 4.69) is 24.4 Å². The van der Waals surface area contributed by atoms with Crippen LogP contribution in [0.2, 0.25) is 0 Å². The second-order valence-electron chi connectivity index (χ2n) is 4.45. The molecule has 0 aliphatic heterocycles. The average molecular weight is 217 g/mol. The molecular weight excluding hydrogens is 198 g/mol. The maximum absolute atomic E-state index is 11.8. The highest BCUT2D eigenvalue weighted by Crippen LogP contribution is 2.22. The quantitative estimate of drug-likeness (QED) is 0.772. The van der Waals surface area contributed by atoms with Crippen LogP contribution in [0.5, 0.6) is 0 Å². The molecule has 0 spiro atoms. The number of carbonyl (C=O) groups is 1. The Morgan fingerprint density at radius 1 is 1.31 bits per heavy atom. The summed E-state index contributed by atoms with van der Waals surface area (Å²) in [4.78, 5) is 11.8. The zero-order valence-electron chi connectivity index (χ0n) is 9.88. The zero-order chi connectivity index (χ0) is 11.4. The Labute approximate surface area is 97.1 Å². The minimum absolute atomic E-state index is 0.0724. The van der Waals surface area contributed by atoms with Crippen LogP contribution in [0.1, 0.15) is 47.7 Å². The van der Waals surface area contributed by atoms with E-state index in [4.69, 9.17) is 0 Å². The van der Waals surface area contributed by atoms with Gasteiger partial charge in [-0.05, 0) is 48.9 Å². The minimum atomic E-state index is 0.0724. The van der Waals surface area contributed by atoms with Gasteiger partial charge in [-0.1, -0.05) is 19.4 Å². The van der Waals surface area contributed by atoms with Gasteiger partial charge < -0.3 is 5.32 Å². The summed E-state index contributed by atoms with van der Waals surface area (Å²) in [6.45, 7) is 2.91. The standard InChI is InChI=1S/C14H19NO/c1-2-3-9-15-14(16)13-8-7-11-5-4-6-12(11)10-13/h7-8,10H,2-6,9H2,1H3,(H,15,16). The number of aryl methyl sites for hydroxylation is 2. The first kappa shape index (κ1) is 11.2. The lowest BCUT2D eigenvalue weighted by Crippen LogP contribution is -2.24. The van der Waals surface area contributed by atoms with Gasteiger partial charge in [0, 0.05) is 12.1 Å². The number of hydrogen-bond acceptors (Lipinski definition) is 1. The van der Waals surface area contributed by atoms with Crippen molar-refractivity contribution in [1.29, 1.82) is 0 Å². The predicted molar refractivity (Wildman–Crippen MR) is 65.7 cm³/mol. The van der Waals surface area contributed by atoms with E-state index in [1.54, 1.807) is 0 Å². The molecule has 0 bridgehead atoms. The van der Waals surface area contributed by atoms with Crippen LogP contribution >= 0.6 is 0 Å². The molecule has 0 heterocycles. The van der Waals surface area contributed by atoms with E-state index in [1.807, 2.05) is 6.07 Å². The third-order valence-corrected chi connectivity index (χ3v) is 3.18. The molecule has 1 aliphatic rings. The summed E-state index contributed by atoms with van der Waals surface area (Å²) < 4.78 is 0. The lowest BCUT2D eigenvalue weighted by Gasteiger charge is -2.06. The average Bonchev–Trinajstić information content (AvgIpc) is 2.76. The summed E-state index contributed by atoms with van der Waals surface area (Å²) in [6, 6.07) is 6.12. The molecule has 2 heteroatoms. The van der Waals surface area contributed by atoms with Crippen LogP contribution < -0.4 is 5.32 Å². The summed E-state index contributed by atoms with van der Waals surface area (Å²) in [5.41, 5.74) is 3.60. The monoisotopic (exact) mass is 217 g/mol. The fourth-order valence-electron chi connectivity index (χ4n) is 2.19. The van der Waals surface area contributed by atoms with Crippen LogP contribution in [0, 0.1) is 0 Å². The first-order valence-electron chi connectivity index (χ1n) is 6.21. The number of hydrogen-bond donors (Lipinski definition) is 1. The van der Waals surface area contributed by atoms with Crippen molar-refractivity contribution in [3.05, 3.63) is 34.9 Å². The van der Waals surface area contributed by atoms with Crippen LogP contribution in [0.3, 0.4) is 0 Å². The molecule has 0 saturated carbocycles. The topological polar surface area (TPSA) is 29.1 Å². The zero-order valence-corrected chi connectivity index (χ0v) is 9.88. The van der Waals surface area contributed by atoms with Gasteiger partial charge in [-0.3, -0.25) is 4.79 Å². The first-order valence-corrected chi connectivity index (χ1v) is 6.21. The van der Waals surface area contributed by atoms with Crippen molar-refractivity contribution in [1.82, 2.24) is 5.32 Å². The molecule has 1 aromatic rings. The van der Waals surface area contributed by atoms with Crippen LogP contribution in [0.25, 0.3) is 0 Å². The Balaban J connectivity index is 2.01. The molecule has 2 rings (SSSR count). The molecule has 1 amide bonds. The molecule has 0 radical (unpaired) electrons. The highest BCUT2D eigenvalue weighted by atomic mass is 16.1. The first-order chi connectivity index (χ1) is 7.81. The highest BCUT2D eigenvalue weighted by Gasteiger charge is 2.13. The van der Waals surface area contributed by atoms with Gasteiger partial charge in [0.25, 0.3) is 5.91 Å². The fourth-order valence-corrected chi connectivity index (χ4v) is 2.19. The normalized spacial score (nSPS) is 13.6. The summed E-state index contributed by atoms with van der Waals surface area (Å²) in [7, 11) is 0. The number of benzene rings is 1. The van der Waals surface area contributed by atoms with Gasteiger partial charge in [-0.2, -0.15) is 0 Å². The van der Waals surface area contributed by atoms with Crippen molar-refractivity contribution < 1.29 is 4.79 Å². The van der Waals surface area contributed by atoms with Crippen molar-refractivity contribution in [2.45, 2.75) is 39.0 Å². The molecule has 2 nitrogen and oxygen atoms in total. The van der Waals surface area contributed by atoms with Crippen LogP contribution in [0.4, 0.5) is 0 Å². The number of fused-ring (bicyclic) bond motifs is 1. The molecule has 0 fully saturated rings. The lowest BCUT2D eigenvalue weighted by atomic mass is 10.1. The molecule has 0 unspecified atom stereocenters. The van der Waals surface area contributed by atoms with Crippen LogP contribution in [-0.2, 0) is 12.8 Å². The van der Waals surface area contributed by atoms with E-state index in [0.717, 1.165) is 31.4 Å². The van der Waals surface area contributed by atoms with Crippen molar-refractivity contribution >= 4 is 5.91 Å². The molecular formula is C14H19NO. The van der Waals surface area contributed by atoms with E-state index < -0.39 is 0 Å². The maximum Gasteiger partial charge on any atom is 0.251 e. The summed E-state index contributed by atoms with van der Waals surface area (Å²) >= 11 is 0. The molecule has 0 aromatic heterocycles. The molecule has 1 aliphatic carbocycles. The Kier molecular flexibility index (Phi) is 3.60. The molecule has 86 valence electrons. The number of carbonyl (C=O) groups excluding carboxylic acids is 1. The highest BCUT2D eigenvalue weighted by molar-refractivity contribution is 5.94. The van der Waals surface area contributed by atoms with E-state index >= 15 is 0 Å². The lowest BCUT2D eigenvalue weighted by molar-refractivity contribution is 0.0953. The second kappa shape index (κ2) is 5.15. The van der Waals surface area contributed by atoms with Crippen molar-refractivity contribution in [2.75, 3.05) is 6.54 Å². The van der Waals surface area contributed by atoms with Gasteiger partial charge in [0.1, 0.15) is 0 Å². The number of amides is 1. The van der Waals surface area contributed by atoms with Gasteiger partial charge >= 0.3 is 0 Å². The van der Waals surface area contributed by atoms with Crippen molar-refractivity contribution in [3.8, 4) is 0 Å². The van der Waals surface area contributed by atoms with Crippen molar-refractivity contribution in [2.24, 2.45) is 0 Å². The summed E-state index contributed by atoms with van der Waals surface area (Å²) in [6.07, 6.45) is 5.70. The maximum atomic E-state index is 11.8. The van der Waals surface area contributed by atoms with Gasteiger partial charge in [0.2, 0.25) is 0 Å². The molecule has 16 heavy (non-hydrogen) atoms. The number of rotatable bonds is 4. The van der Waals surface area contributed by atoms with E-state index in [0.29, 0.717) is 0 Å². The van der Waals surface area contributed by atoms with Crippen LogP contribution in [0.15, 0.2) is 18.2 Å². The second-order valence-corrected chi connectivity index (χ2v) is 4.45. The Morgan fingerprint density at radius 2 is 2.12 bits per heavy atom. The third kappa shape index (κ3) is 2.43. The summed E-state index contributed by atoms with van der Waals surface area (Å²) in [5.74, 6) is 0.0724. The fraction of sp³-hybridized carbons (Fsp3) is 0.500. The van der Waals surface area contributed by atoms with E-state index in [9.17, 15) is 4.79 Å². The third-order valence-electron chi connectivity index (χ3n) is 3.18. The van der Waals surface area contributed by atoms with Gasteiger partial charge in [-0.15, -0.1) is 0 Å². The predicted octanol–water partition coefficient (Wildman–Crippen LogP) is 2.71. The van der Waals surface area contributed by atoms with Crippen LogP contribution in [-0.4, -0.2) is 12.5 Å². The summed E-state index contributed by atoms with van der Waals surface area (Å²) in [5, 5.41) is 2.95. The number of unbranched alkanes of at least 4 members (excludes halogenated alkanes) is 1. The van der Waals surface area contributed by atoms with E-state index in [1.165, 1.54) is 24.0 Å². The van der Waals surface area contributed by atoms with E-state index in [-0.39, 0.29) is 5.91 Å². The van der Waals surface area contributed by atoms with Gasteiger partial charge in [-0.25, -0.2) is 0 Å². The van der Waals surface area contributed by atoms with Gasteiger partial charge in [0.05, 0.1) is 0 Å². The molecule has 1 aromatic carbocycles. The Hall–Kier alpha value is -1.31. The molecule has 0 saturated heterocycles. The van der Waals surface area contributed by atoms with Crippen molar-refractivity contribution in [3.63, 3.8) is 0 Å². The Bertz CT molecular complexity index is 384. The SMILES string of the molecule is CCCCNC(=O)c1ccc2c(c1)CCC2. The number of nitrogens with one attached hydrogen (secondary N) is 1. The Morgan fingerprint density at radius 3 is 2.94 bits per heavy atom. The molecule has 1 N–H and O–H groups in total. The molecule has 0 atom stereocenters.